The molecule has 0 unspecified atom stereocenters. The fourth-order valence-electron chi connectivity index (χ4n) is 2.79. The maximum atomic E-state index is 13.3. The van der Waals surface area contributed by atoms with Crippen LogP contribution in [0.1, 0.15) is 0 Å². The van der Waals surface area contributed by atoms with Gasteiger partial charge in [-0.3, -0.25) is 0 Å². The molecule has 1 aliphatic rings. The van der Waals surface area contributed by atoms with Crippen LogP contribution in [0.4, 0.5) is 14.7 Å². The minimum absolute atomic E-state index is 0.159. The van der Waals surface area contributed by atoms with Gasteiger partial charge in [-0.25, -0.2) is 23.7 Å². The Balaban J connectivity index is 1.75. The highest BCUT2D eigenvalue weighted by Gasteiger charge is 2.20. The first-order chi connectivity index (χ1) is 12.7. The lowest BCUT2D eigenvalue weighted by Crippen LogP contribution is -2.40. The number of halogens is 2. The summed E-state index contributed by atoms with van der Waals surface area (Å²) in [5.41, 5.74) is 2.65. The van der Waals surface area contributed by atoms with Gasteiger partial charge >= 0.3 is 0 Å². The van der Waals surface area contributed by atoms with Crippen molar-refractivity contribution < 1.29 is 13.5 Å². The van der Waals surface area contributed by atoms with Crippen LogP contribution >= 0.6 is 0 Å². The van der Waals surface area contributed by atoms with E-state index in [-0.39, 0.29) is 18.4 Å². The molecule has 4 rings (SSSR count). The lowest BCUT2D eigenvalue weighted by Gasteiger charge is -2.26. The third-order valence-electron chi connectivity index (χ3n) is 4.15. The molecule has 0 bridgehead atoms. The van der Waals surface area contributed by atoms with Gasteiger partial charge in [-0.1, -0.05) is 0 Å². The van der Waals surface area contributed by atoms with Gasteiger partial charge in [0, 0.05) is 11.8 Å². The quantitative estimate of drug-likeness (QED) is 0.735. The Labute approximate surface area is 148 Å². The molecule has 6 nitrogen and oxygen atoms in total. The fraction of sp³-hybridized carbons (Fsp3) is 0.278. The van der Waals surface area contributed by atoms with E-state index in [1.165, 1.54) is 12.1 Å². The number of anilines is 1. The van der Waals surface area contributed by atoms with Crippen LogP contribution in [0.25, 0.3) is 22.6 Å². The molecule has 0 radical (unpaired) electrons. The van der Waals surface area contributed by atoms with Crippen molar-refractivity contribution in [1.82, 2.24) is 19.5 Å². The number of alkyl halides is 1. The Morgan fingerprint density at radius 2 is 1.96 bits per heavy atom. The minimum atomic E-state index is -0.526. The van der Waals surface area contributed by atoms with Crippen LogP contribution in [-0.2, 0) is 11.3 Å². The smallest absolute Gasteiger partial charge is 0.223 e. The number of imidazole rings is 1. The van der Waals surface area contributed by atoms with Gasteiger partial charge in [0.15, 0.2) is 0 Å². The molecule has 3 heterocycles. The Bertz CT molecular complexity index is 893. The van der Waals surface area contributed by atoms with Crippen molar-refractivity contribution >= 4 is 5.95 Å². The highest BCUT2D eigenvalue weighted by molar-refractivity contribution is 5.77. The molecule has 1 saturated heterocycles. The van der Waals surface area contributed by atoms with Crippen molar-refractivity contribution in [2.75, 3.05) is 25.2 Å². The summed E-state index contributed by atoms with van der Waals surface area (Å²) in [4.78, 5) is 13.2. The Morgan fingerprint density at radius 3 is 2.65 bits per heavy atom. The number of aryl methyl sites for hydroxylation is 1. The molecule has 1 fully saturated rings. The van der Waals surface area contributed by atoms with Crippen molar-refractivity contribution in [2.24, 2.45) is 0 Å². The van der Waals surface area contributed by atoms with E-state index in [2.05, 4.69) is 20.3 Å². The molecule has 0 spiro atoms. The summed E-state index contributed by atoms with van der Waals surface area (Å²) in [6.07, 6.45) is 3.22. The van der Waals surface area contributed by atoms with Crippen molar-refractivity contribution in [2.45, 2.75) is 12.6 Å². The lowest BCUT2D eigenvalue weighted by molar-refractivity contribution is 0.0208. The molecule has 1 aliphatic heterocycles. The summed E-state index contributed by atoms with van der Waals surface area (Å²) < 4.78 is 33.1. The highest BCUT2D eigenvalue weighted by Crippen LogP contribution is 2.30. The number of hydrogen-bond donors (Lipinski definition) is 1. The normalized spacial score (nSPS) is 14.2. The van der Waals surface area contributed by atoms with E-state index in [4.69, 9.17) is 4.74 Å². The van der Waals surface area contributed by atoms with Crippen molar-refractivity contribution in [3.05, 3.63) is 48.7 Å². The van der Waals surface area contributed by atoms with E-state index in [1.807, 2.05) is 0 Å². The van der Waals surface area contributed by atoms with E-state index in [0.717, 1.165) is 5.56 Å². The molecule has 3 aromatic rings. The average molecular weight is 357 g/mol. The first-order valence-corrected chi connectivity index (χ1v) is 8.29. The molecule has 2 aromatic heterocycles. The molecule has 1 N–H and O–H groups in total. The highest BCUT2D eigenvalue weighted by atomic mass is 19.1. The van der Waals surface area contributed by atoms with Crippen LogP contribution in [0, 0.1) is 5.82 Å². The number of hydrogen-bond acceptors (Lipinski definition) is 5. The second-order valence-corrected chi connectivity index (χ2v) is 5.98. The molecule has 0 aliphatic carbocycles. The van der Waals surface area contributed by atoms with Gasteiger partial charge in [-0.15, -0.1) is 0 Å². The van der Waals surface area contributed by atoms with Gasteiger partial charge in [-0.2, -0.15) is 0 Å². The van der Waals surface area contributed by atoms with Crippen LogP contribution in [0.5, 0.6) is 0 Å². The van der Waals surface area contributed by atoms with Crippen LogP contribution in [0.3, 0.4) is 0 Å². The monoisotopic (exact) mass is 357 g/mol. The molecule has 134 valence electrons. The van der Waals surface area contributed by atoms with Gasteiger partial charge in [-0.05, 0) is 30.3 Å². The van der Waals surface area contributed by atoms with Crippen molar-refractivity contribution in [3.8, 4) is 22.6 Å². The molecule has 0 saturated carbocycles. The number of nitrogens with zero attached hydrogens (tertiary/aromatic N) is 4. The van der Waals surface area contributed by atoms with Crippen LogP contribution in [0.15, 0.2) is 42.9 Å². The summed E-state index contributed by atoms with van der Waals surface area (Å²) >= 11 is 0. The Morgan fingerprint density at radius 1 is 1.15 bits per heavy atom. The van der Waals surface area contributed by atoms with Gasteiger partial charge in [0.2, 0.25) is 5.95 Å². The predicted octanol–water partition coefficient (Wildman–Crippen LogP) is 2.93. The van der Waals surface area contributed by atoms with Crippen molar-refractivity contribution in [3.63, 3.8) is 0 Å². The number of benzene rings is 1. The van der Waals surface area contributed by atoms with E-state index in [1.54, 1.807) is 35.3 Å². The largest absolute Gasteiger partial charge is 0.377 e. The predicted molar refractivity (Wildman–Crippen MR) is 92.9 cm³/mol. The van der Waals surface area contributed by atoms with Crippen molar-refractivity contribution in [1.29, 1.82) is 0 Å². The zero-order valence-corrected chi connectivity index (χ0v) is 13.9. The maximum absolute atomic E-state index is 13.3. The van der Waals surface area contributed by atoms with Gasteiger partial charge < -0.3 is 14.6 Å². The average Bonchev–Trinajstić information content (AvgIpc) is 3.03. The van der Waals surface area contributed by atoms with Gasteiger partial charge in [0.1, 0.15) is 12.5 Å². The first kappa shape index (κ1) is 16.6. The zero-order valence-electron chi connectivity index (χ0n) is 13.9. The molecule has 0 amide bonds. The minimum Gasteiger partial charge on any atom is -0.377 e. The molecular weight excluding hydrogens is 340 g/mol. The summed E-state index contributed by atoms with van der Waals surface area (Å²) in [5.74, 6) is 0.156. The summed E-state index contributed by atoms with van der Waals surface area (Å²) in [7, 11) is 0. The second kappa shape index (κ2) is 7.17. The zero-order chi connectivity index (χ0) is 17.9. The first-order valence-electron chi connectivity index (χ1n) is 8.29. The number of rotatable bonds is 6. The van der Waals surface area contributed by atoms with Gasteiger partial charge in [0.05, 0.1) is 49.2 Å². The lowest BCUT2D eigenvalue weighted by atomic mass is 10.1. The van der Waals surface area contributed by atoms with Crippen LogP contribution < -0.4 is 5.32 Å². The molecule has 26 heavy (non-hydrogen) atoms. The second-order valence-electron chi connectivity index (χ2n) is 5.98. The van der Waals surface area contributed by atoms with E-state index in [9.17, 15) is 8.78 Å². The number of nitrogens with one attached hydrogen (secondary N) is 1. The van der Waals surface area contributed by atoms with E-state index < -0.39 is 6.67 Å². The molecule has 0 atom stereocenters. The van der Waals surface area contributed by atoms with Crippen LogP contribution in [-0.4, -0.2) is 45.4 Å². The Kier molecular flexibility index (Phi) is 4.57. The summed E-state index contributed by atoms with van der Waals surface area (Å²) in [6, 6.07) is 7.98. The molecular formula is C18H17F2N5O. The third-order valence-corrected chi connectivity index (χ3v) is 4.15. The standard InChI is InChI=1S/C18H17F2N5O/c19-6-8-25-11-22-16(12-1-3-13(20)4-2-12)17(25)15-5-7-21-18(24-15)23-14-9-26-10-14/h1-5,7,11,14H,6,8-10H2,(H,21,23,24). The topological polar surface area (TPSA) is 64.9 Å². The Hall–Kier alpha value is -2.87. The van der Waals surface area contributed by atoms with Gasteiger partial charge in [0.25, 0.3) is 0 Å². The summed E-state index contributed by atoms with van der Waals surface area (Å²) in [5, 5.41) is 3.20. The number of aromatic nitrogens is 4. The molecule has 8 heteroatoms. The maximum Gasteiger partial charge on any atom is 0.223 e. The van der Waals surface area contributed by atoms with Crippen LogP contribution in [0.2, 0.25) is 0 Å². The summed E-state index contributed by atoms with van der Waals surface area (Å²) in [6.45, 7) is 0.872. The molecule has 1 aromatic carbocycles. The SMILES string of the molecule is FCCn1cnc(-c2ccc(F)cc2)c1-c1ccnc(NC2COC2)n1. The fourth-order valence-corrected chi connectivity index (χ4v) is 2.79. The van der Waals surface area contributed by atoms with E-state index in [0.29, 0.717) is 36.2 Å². The van der Waals surface area contributed by atoms with E-state index >= 15 is 0 Å². The number of ether oxygens (including phenoxy) is 1. The third kappa shape index (κ3) is 3.28.